The monoisotopic (exact) mass is 276 g/mol. The van der Waals surface area contributed by atoms with Crippen molar-refractivity contribution in [2.75, 3.05) is 0 Å². The van der Waals surface area contributed by atoms with Crippen LogP contribution in [0.1, 0.15) is 11.1 Å². The van der Waals surface area contributed by atoms with Gasteiger partial charge in [-0.2, -0.15) is 0 Å². The topological polar surface area (TPSA) is 25.2 Å². The summed E-state index contributed by atoms with van der Waals surface area (Å²) in [5.41, 5.74) is 4.38. The summed E-state index contributed by atoms with van der Waals surface area (Å²) in [5.74, 6) is 0. The number of aryl methyl sites for hydroxylation is 1. The van der Waals surface area contributed by atoms with E-state index in [1.165, 1.54) is 10.9 Å². The molecule has 3 heteroatoms. The van der Waals surface area contributed by atoms with Gasteiger partial charge < -0.3 is 0 Å². The largest absolute Gasteiger partial charge is 0.255 e. The Morgan fingerprint density at radius 1 is 1.00 bits per heavy atom. The Balaban J connectivity index is 1.98. The quantitative estimate of drug-likeness (QED) is 0.462. The number of para-hydroxylation sites is 2. The highest BCUT2D eigenvalue weighted by molar-refractivity contribution is 7.99. The Bertz CT molecular complexity index is 853. The van der Waals surface area contributed by atoms with E-state index in [0.29, 0.717) is 0 Å². The highest BCUT2D eigenvalue weighted by atomic mass is 32.2. The summed E-state index contributed by atoms with van der Waals surface area (Å²) in [7, 11) is 0. The summed E-state index contributed by atoms with van der Waals surface area (Å²) in [6.45, 7) is 2.10. The summed E-state index contributed by atoms with van der Waals surface area (Å²) < 4.78 is 0. The van der Waals surface area contributed by atoms with E-state index in [1.54, 1.807) is 11.8 Å². The van der Waals surface area contributed by atoms with Gasteiger partial charge in [-0.3, -0.25) is 4.99 Å². The molecule has 4 rings (SSSR count). The second-order valence-corrected chi connectivity index (χ2v) is 5.89. The lowest BCUT2D eigenvalue weighted by molar-refractivity contribution is 1.17. The van der Waals surface area contributed by atoms with Crippen LogP contribution >= 0.6 is 11.8 Å². The molecule has 1 aromatic heterocycles. The van der Waals surface area contributed by atoms with Crippen molar-refractivity contribution < 1.29 is 0 Å². The average molecular weight is 276 g/mol. The predicted molar refractivity (Wildman–Crippen MR) is 84.3 cm³/mol. The van der Waals surface area contributed by atoms with Gasteiger partial charge in [0.25, 0.3) is 0 Å². The van der Waals surface area contributed by atoms with Crippen LogP contribution < -0.4 is 0 Å². The van der Waals surface area contributed by atoms with Crippen molar-refractivity contribution in [3.05, 3.63) is 59.7 Å². The van der Waals surface area contributed by atoms with Gasteiger partial charge in [0, 0.05) is 22.1 Å². The molecular formula is C17H12N2S. The van der Waals surface area contributed by atoms with Crippen LogP contribution in [0, 0.1) is 6.92 Å². The Hall–Kier alpha value is -2.13. The number of fused-ring (bicyclic) bond motifs is 3. The molecule has 0 radical (unpaired) electrons. The van der Waals surface area contributed by atoms with E-state index in [-0.39, 0.29) is 0 Å². The van der Waals surface area contributed by atoms with Gasteiger partial charge in [-0.25, -0.2) is 4.98 Å². The Labute approximate surface area is 121 Å². The van der Waals surface area contributed by atoms with Crippen LogP contribution in [0.25, 0.3) is 10.9 Å². The molecule has 2 aromatic carbocycles. The third-order valence-electron chi connectivity index (χ3n) is 3.45. The minimum absolute atomic E-state index is 1.01. The van der Waals surface area contributed by atoms with Crippen LogP contribution in [0.15, 0.2) is 63.4 Å². The first-order valence-corrected chi connectivity index (χ1v) is 7.34. The van der Waals surface area contributed by atoms with Crippen molar-refractivity contribution in [3.63, 3.8) is 0 Å². The van der Waals surface area contributed by atoms with Gasteiger partial charge in [0.15, 0.2) is 0 Å². The number of aliphatic imine (C=N–C) groups is 1. The molecule has 0 saturated carbocycles. The molecule has 0 saturated heterocycles. The zero-order chi connectivity index (χ0) is 13.5. The Morgan fingerprint density at radius 2 is 1.90 bits per heavy atom. The first-order chi connectivity index (χ1) is 9.81. The number of rotatable bonds is 0. The standard InChI is InChI=1S/C17H12N2S/c1-11-5-4-6-12-9-13-10-18-14-7-2-3-8-15(14)20-17(13)19-16(11)12/h2-10H,1H3. The molecule has 96 valence electrons. The summed E-state index contributed by atoms with van der Waals surface area (Å²) in [4.78, 5) is 10.6. The maximum atomic E-state index is 4.85. The molecule has 0 N–H and O–H groups in total. The number of hydrogen-bond donors (Lipinski definition) is 0. The highest BCUT2D eigenvalue weighted by Crippen LogP contribution is 2.38. The smallest absolute Gasteiger partial charge is 0.110 e. The number of pyridine rings is 1. The molecule has 3 aromatic rings. The minimum Gasteiger partial charge on any atom is -0.255 e. The van der Waals surface area contributed by atoms with Crippen LogP contribution in [0.5, 0.6) is 0 Å². The van der Waals surface area contributed by atoms with E-state index in [1.807, 2.05) is 24.4 Å². The summed E-state index contributed by atoms with van der Waals surface area (Å²) in [6.07, 6.45) is 1.92. The van der Waals surface area contributed by atoms with Crippen molar-refractivity contribution in [2.45, 2.75) is 16.8 Å². The highest BCUT2D eigenvalue weighted by Gasteiger charge is 2.13. The minimum atomic E-state index is 1.01. The molecule has 0 atom stereocenters. The summed E-state index contributed by atoms with van der Waals surface area (Å²) >= 11 is 1.69. The normalized spacial score (nSPS) is 12.8. The zero-order valence-corrected chi connectivity index (χ0v) is 11.8. The molecule has 0 amide bonds. The van der Waals surface area contributed by atoms with E-state index in [9.17, 15) is 0 Å². The lowest BCUT2D eigenvalue weighted by Crippen LogP contribution is -1.92. The molecule has 20 heavy (non-hydrogen) atoms. The van der Waals surface area contributed by atoms with Crippen molar-refractivity contribution >= 4 is 34.6 Å². The molecule has 0 aliphatic carbocycles. The van der Waals surface area contributed by atoms with Gasteiger partial charge in [0.1, 0.15) is 5.03 Å². The van der Waals surface area contributed by atoms with Crippen LogP contribution in [-0.4, -0.2) is 11.2 Å². The number of aromatic nitrogens is 1. The van der Waals surface area contributed by atoms with Crippen LogP contribution in [0.3, 0.4) is 0 Å². The van der Waals surface area contributed by atoms with Crippen molar-refractivity contribution in [3.8, 4) is 0 Å². The summed E-state index contributed by atoms with van der Waals surface area (Å²) in [5, 5.41) is 2.20. The van der Waals surface area contributed by atoms with E-state index in [4.69, 9.17) is 4.98 Å². The van der Waals surface area contributed by atoms with Crippen LogP contribution in [0.4, 0.5) is 5.69 Å². The fraction of sp³-hybridized carbons (Fsp3) is 0.0588. The molecule has 1 aliphatic rings. The summed E-state index contributed by atoms with van der Waals surface area (Å²) in [6, 6.07) is 16.6. The fourth-order valence-corrected chi connectivity index (χ4v) is 3.36. The molecule has 0 bridgehead atoms. The Kier molecular flexibility index (Phi) is 2.60. The van der Waals surface area contributed by atoms with Gasteiger partial charge in [0.2, 0.25) is 0 Å². The lowest BCUT2D eigenvalue weighted by atomic mass is 10.1. The van der Waals surface area contributed by atoms with Crippen molar-refractivity contribution in [1.29, 1.82) is 0 Å². The molecule has 2 heterocycles. The van der Waals surface area contributed by atoms with Gasteiger partial charge >= 0.3 is 0 Å². The van der Waals surface area contributed by atoms with Crippen LogP contribution in [-0.2, 0) is 0 Å². The molecule has 0 unspecified atom stereocenters. The van der Waals surface area contributed by atoms with Gasteiger partial charge in [-0.15, -0.1) is 0 Å². The molecule has 1 aliphatic heterocycles. The van der Waals surface area contributed by atoms with Gasteiger partial charge in [0.05, 0.1) is 11.2 Å². The predicted octanol–water partition coefficient (Wildman–Crippen LogP) is 4.76. The van der Waals surface area contributed by atoms with E-state index >= 15 is 0 Å². The van der Waals surface area contributed by atoms with E-state index in [2.05, 4.69) is 42.2 Å². The third kappa shape index (κ3) is 1.82. The fourth-order valence-electron chi connectivity index (χ4n) is 2.41. The lowest BCUT2D eigenvalue weighted by Gasteiger charge is -2.07. The second-order valence-electron chi connectivity index (χ2n) is 4.86. The van der Waals surface area contributed by atoms with Crippen molar-refractivity contribution in [1.82, 2.24) is 4.98 Å². The molecule has 0 fully saturated rings. The second kappa shape index (κ2) is 4.46. The third-order valence-corrected chi connectivity index (χ3v) is 4.54. The molecule has 2 nitrogen and oxygen atoms in total. The average Bonchev–Trinajstić information content (AvgIpc) is 2.65. The first-order valence-electron chi connectivity index (χ1n) is 6.52. The Morgan fingerprint density at radius 3 is 2.85 bits per heavy atom. The maximum absolute atomic E-state index is 4.85. The van der Waals surface area contributed by atoms with E-state index in [0.717, 1.165) is 26.7 Å². The number of nitrogens with zero attached hydrogens (tertiary/aromatic N) is 2. The number of hydrogen-bond acceptors (Lipinski definition) is 3. The van der Waals surface area contributed by atoms with Crippen molar-refractivity contribution in [2.24, 2.45) is 4.99 Å². The van der Waals surface area contributed by atoms with Gasteiger partial charge in [-0.1, -0.05) is 42.1 Å². The van der Waals surface area contributed by atoms with Gasteiger partial charge in [-0.05, 0) is 30.7 Å². The molecule has 0 spiro atoms. The van der Waals surface area contributed by atoms with Crippen LogP contribution in [0.2, 0.25) is 0 Å². The SMILES string of the molecule is Cc1cccc2cc3c(nc12)Sc1ccccc1N=C3. The molecular weight excluding hydrogens is 264 g/mol. The van der Waals surface area contributed by atoms with E-state index < -0.39 is 0 Å². The zero-order valence-electron chi connectivity index (χ0n) is 11.0. The maximum Gasteiger partial charge on any atom is 0.110 e. The first kappa shape index (κ1) is 11.7. The number of benzene rings is 2.